The Hall–Kier alpha value is 0.0397. The van der Waals surface area contributed by atoms with E-state index in [9.17, 15) is 19.8 Å². The molecule has 0 spiro atoms. The Balaban J connectivity index is -0.000000218. The largest absolute Gasteiger partial charge is 2.00 e. The van der Waals surface area contributed by atoms with Crippen LogP contribution in [0.2, 0.25) is 0 Å². The van der Waals surface area contributed by atoms with Gasteiger partial charge in [-0.3, -0.25) is 0 Å². The Kier molecular flexibility index (Phi) is 14.6. The molecule has 0 fully saturated rings. The predicted molar refractivity (Wildman–Crippen MR) is 55.1 cm³/mol. The Morgan fingerprint density at radius 3 is 1.12 bits per heavy atom. The van der Waals surface area contributed by atoms with E-state index in [0.717, 1.165) is 0 Å². The van der Waals surface area contributed by atoms with Crippen molar-refractivity contribution in [1.29, 1.82) is 0 Å². The SMILES string of the molecule is C[C@@H](O)[C@H](N)C(=O)[O-].C[C@@H](O)[C@H](N)C(=O)[O-].[Ca+2]. The molecule has 0 aromatic heterocycles. The van der Waals surface area contributed by atoms with Crippen molar-refractivity contribution < 1.29 is 30.0 Å². The van der Waals surface area contributed by atoms with E-state index < -0.39 is 36.2 Å². The molecule has 8 nitrogen and oxygen atoms in total. The first-order valence-corrected chi connectivity index (χ1v) is 4.40. The van der Waals surface area contributed by atoms with Gasteiger partial charge in [-0.1, -0.05) is 0 Å². The number of carboxylic acids is 2. The van der Waals surface area contributed by atoms with Crippen LogP contribution in [0.4, 0.5) is 0 Å². The number of aliphatic hydroxyl groups excluding tert-OH is 2. The second kappa shape index (κ2) is 11.1. The fourth-order valence-electron chi connectivity index (χ4n) is 0.394. The molecular formula is C8H16CaN2O6. The molecule has 17 heavy (non-hydrogen) atoms. The summed E-state index contributed by atoms with van der Waals surface area (Å²) in [6.45, 7) is 2.58. The molecule has 0 aromatic rings. The maximum Gasteiger partial charge on any atom is 2.00 e. The maximum atomic E-state index is 9.74. The number of aliphatic carboxylic acids is 2. The minimum atomic E-state index is -1.43. The Morgan fingerprint density at radius 2 is 1.12 bits per heavy atom. The zero-order valence-corrected chi connectivity index (χ0v) is 11.9. The molecule has 0 aromatic carbocycles. The van der Waals surface area contributed by atoms with E-state index in [1.54, 1.807) is 0 Å². The van der Waals surface area contributed by atoms with Crippen LogP contribution in [0.5, 0.6) is 0 Å². The van der Waals surface area contributed by atoms with Crippen LogP contribution < -0.4 is 21.7 Å². The van der Waals surface area contributed by atoms with Crippen molar-refractivity contribution in [2.45, 2.75) is 38.1 Å². The van der Waals surface area contributed by atoms with Crippen LogP contribution in [0, 0.1) is 0 Å². The van der Waals surface area contributed by atoms with E-state index in [-0.39, 0.29) is 37.7 Å². The molecule has 0 saturated carbocycles. The summed E-state index contributed by atoms with van der Waals surface area (Å²) >= 11 is 0. The molecule has 0 rings (SSSR count). The quantitative estimate of drug-likeness (QED) is 0.368. The number of nitrogens with two attached hydrogens (primary N) is 2. The average molecular weight is 276 g/mol. The molecule has 0 aliphatic rings. The van der Waals surface area contributed by atoms with Gasteiger partial charge in [0.25, 0.3) is 0 Å². The Labute approximate surface area is 129 Å². The van der Waals surface area contributed by atoms with E-state index in [0.29, 0.717) is 0 Å². The van der Waals surface area contributed by atoms with Crippen molar-refractivity contribution >= 4 is 49.7 Å². The minimum Gasteiger partial charge on any atom is -0.548 e. The van der Waals surface area contributed by atoms with Gasteiger partial charge in [0, 0.05) is 0 Å². The van der Waals surface area contributed by atoms with Crippen molar-refractivity contribution in [3.8, 4) is 0 Å². The second-order valence-electron chi connectivity index (χ2n) is 3.17. The third kappa shape index (κ3) is 12.3. The third-order valence-corrected chi connectivity index (χ3v) is 1.58. The zero-order valence-electron chi connectivity index (χ0n) is 9.70. The first kappa shape index (κ1) is 22.2. The predicted octanol–water partition coefficient (Wildman–Crippen LogP) is -5.49. The number of aliphatic hydroxyl groups is 2. The number of carboxylic acid groups (broad SMARTS) is 2. The normalized spacial score (nSPS) is 16.4. The number of rotatable bonds is 4. The molecule has 0 heterocycles. The monoisotopic (exact) mass is 276 g/mol. The van der Waals surface area contributed by atoms with Crippen LogP contribution in [0.3, 0.4) is 0 Å². The van der Waals surface area contributed by atoms with Crippen molar-refractivity contribution in [3.05, 3.63) is 0 Å². The van der Waals surface area contributed by atoms with Crippen molar-refractivity contribution in [2.24, 2.45) is 11.5 Å². The molecule has 4 atom stereocenters. The maximum absolute atomic E-state index is 9.74. The van der Waals surface area contributed by atoms with Crippen LogP contribution in [0.1, 0.15) is 13.8 Å². The first-order valence-electron chi connectivity index (χ1n) is 4.40. The van der Waals surface area contributed by atoms with Gasteiger partial charge < -0.3 is 41.5 Å². The summed E-state index contributed by atoms with van der Waals surface area (Å²) in [5.74, 6) is -2.86. The van der Waals surface area contributed by atoms with Gasteiger partial charge in [0.05, 0.1) is 36.2 Å². The summed E-state index contributed by atoms with van der Waals surface area (Å²) in [7, 11) is 0. The summed E-state index contributed by atoms with van der Waals surface area (Å²) in [6.07, 6.45) is -2.08. The molecule has 0 unspecified atom stereocenters. The van der Waals surface area contributed by atoms with Crippen molar-refractivity contribution in [3.63, 3.8) is 0 Å². The molecule has 0 aliphatic heterocycles. The van der Waals surface area contributed by atoms with Gasteiger partial charge in [-0.25, -0.2) is 0 Å². The fourth-order valence-corrected chi connectivity index (χ4v) is 0.394. The third-order valence-electron chi connectivity index (χ3n) is 1.58. The number of carbonyl (C=O) groups excluding carboxylic acids is 2. The van der Waals surface area contributed by atoms with E-state index in [1.165, 1.54) is 13.8 Å². The standard InChI is InChI=1S/2C4H9NO3.Ca/c2*1-2(6)3(5)4(7)8;/h2*2-3,6H,5H2,1H3,(H,7,8);/q;;+2/p-2/t2*2-,3+;/m11./s1. The number of hydrogen-bond acceptors (Lipinski definition) is 8. The average Bonchev–Trinajstić information content (AvgIpc) is 2.15. The van der Waals surface area contributed by atoms with Gasteiger partial charge in [-0.15, -0.1) is 0 Å². The first-order chi connectivity index (χ1) is 7.11. The topological polar surface area (TPSA) is 173 Å². The van der Waals surface area contributed by atoms with E-state index in [1.807, 2.05) is 0 Å². The molecule has 0 aliphatic carbocycles. The summed E-state index contributed by atoms with van der Waals surface area (Å²) < 4.78 is 0. The van der Waals surface area contributed by atoms with Crippen molar-refractivity contribution in [1.82, 2.24) is 0 Å². The number of hydrogen-bond donors (Lipinski definition) is 4. The van der Waals surface area contributed by atoms with E-state index in [2.05, 4.69) is 0 Å². The summed E-state index contributed by atoms with van der Waals surface area (Å²) in [4.78, 5) is 19.5. The van der Waals surface area contributed by atoms with Gasteiger partial charge in [0.15, 0.2) is 0 Å². The second-order valence-corrected chi connectivity index (χ2v) is 3.17. The van der Waals surface area contributed by atoms with E-state index in [4.69, 9.17) is 21.7 Å². The van der Waals surface area contributed by atoms with Crippen LogP contribution in [-0.4, -0.2) is 84.2 Å². The summed E-state index contributed by atoms with van der Waals surface area (Å²) in [5, 5.41) is 36.4. The smallest absolute Gasteiger partial charge is 0.548 e. The van der Waals surface area contributed by atoms with Gasteiger partial charge >= 0.3 is 37.7 Å². The fraction of sp³-hybridized carbons (Fsp3) is 0.750. The van der Waals surface area contributed by atoms with Gasteiger partial charge in [-0.05, 0) is 13.8 Å². The summed E-state index contributed by atoms with van der Waals surface area (Å²) in [6, 6.07) is -2.54. The summed E-state index contributed by atoms with van der Waals surface area (Å²) in [5.41, 5.74) is 9.69. The Bertz CT molecular complexity index is 212. The molecule has 9 heteroatoms. The molecule has 0 radical (unpaired) electrons. The van der Waals surface area contributed by atoms with E-state index >= 15 is 0 Å². The molecule has 0 saturated heterocycles. The van der Waals surface area contributed by atoms with Crippen molar-refractivity contribution in [2.75, 3.05) is 0 Å². The number of carbonyl (C=O) groups is 2. The molecule has 0 amide bonds. The molecule has 0 bridgehead atoms. The van der Waals surface area contributed by atoms with Crippen LogP contribution in [0.25, 0.3) is 0 Å². The van der Waals surface area contributed by atoms with Crippen LogP contribution in [0.15, 0.2) is 0 Å². The minimum absolute atomic E-state index is 0. The Morgan fingerprint density at radius 1 is 0.941 bits per heavy atom. The van der Waals surface area contributed by atoms with Crippen LogP contribution >= 0.6 is 0 Å². The van der Waals surface area contributed by atoms with Gasteiger partial charge in [-0.2, -0.15) is 0 Å². The van der Waals surface area contributed by atoms with Gasteiger partial charge in [0.2, 0.25) is 0 Å². The molecule has 6 N–H and O–H groups in total. The van der Waals surface area contributed by atoms with Crippen LogP contribution in [-0.2, 0) is 9.59 Å². The molecular weight excluding hydrogens is 260 g/mol. The molecule has 96 valence electrons. The van der Waals surface area contributed by atoms with Gasteiger partial charge in [0.1, 0.15) is 0 Å². The zero-order chi connectivity index (χ0) is 13.5.